The first-order chi connectivity index (χ1) is 16.9. The van der Waals surface area contributed by atoms with Crippen molar-refractivity contribution in [3.8, 4) is 6.07 Å². The predicted molar refractivity (Wildman–Crippen MR) is 144 cm³/mol. The molecule has 1 atom stereocenters. The first-order valence-corrected chi connectivity index (χ1v) is 11.8. The third-order valence-electron chi connectivity index (χ3n) is 5.78. The Labute approximate surface area is 214 Å². The molecule has 1 heterocycles. The second kappa shape index (κ2) is 10.6. The molecule has 4 rings (SSSR count). The van der Waals surface area contributed by atoms with Gasteiger partial charge in [0.2, 0.25) is 0 Å². The van der Waals surface area contributed by atoms with Gasteiger partial charge in [-0.3, -0.25) is 0 Å². The molecule has 6 nitrogen and oxygen atoms in total. The van der Waals surface area contributed by atoms with Crippen LogP contribution in [0.3, 0.4) is 0 Å². The average Bonchev–Trinajstić information content (AvgIpc) is 2.86. The third-order valence-corrected chi connectivity index (χ3v) is 6.35. The Hall–Kier alpha value is -3.79. The monoisotopic (exact) mass is 502 g/mol. The summed E-state index contributed by atoms with van der Waals surface area (Å²) < 4.78 is 0. The molecule has 176 valence electrons. The van der Waals surface area contributed by atoms with Crippen LogP contribution in [0.15, 0.2) is 67.0 Å². The predicted octanol–water partition coefficient (Wildman–Crippen LogP) is 7.38. The van der Waals surface area contributed by atoms with Crippen LogP contribution in [-0.2, 0) is 6.42 Å². The van der Waals surface area contributed by atoms with Crippen LogP contribution in [0.25, 0.3) is 0 Å². The van der Waals surface area contributed by atoms with Crippen LogP contribution < -0.4 is 16.4 Å². The Bertz CT molecular complexity index is 1400. The number of nitrogens with two attached hydrogens (primary N) is 1. The van der Waals surface area contributed by atoms with Crippen LogP contribution in [-0.4, -0.2) is 9.97 Å². The van der Waals surface area contributed by atoms with Crippen LogP contribution in [0.1, 0.15) is 35.1 Å². The van der Waals surface area contributed by atoms with Gasteiger partial charge in [0, 0.05) is 21.4 Å². The Balaban J connectivity index is 1.62. The van der Waals surface area contributed by atoms with E-state index in [0.29, 0.717) is 32.9 Å². The van der Waals surface area contributed by atoms with E-state index in [1.165, 1.54) is 6.33 Å². The summed E-state index contributed by atoms with van der Waals surface area (Å²) in [7, 11) is 0. The van der Waals surface area contributed by atoms with Crippen molar-refractivity contribution in [3.05, 3.63) is 99.3 Å². The van der Waals surface area contributed by atoms with Gasteiger partial charge in [-0.05, 0) is 59.9 Å². The highest BCUT2D eigenvalue weighted by atomic mass is 35.5. The number of nitrogens with one attached hydrogen (secondary N) is 2. The number of hydrogen-bond acceptors (Lipinski definition) is 6. The van der Waals surface area contributed by atoms with Gasteiger partial charge in [-0.25, -0.2) is 9.97 Å². The van der Waals surface area contributed by atoms with Gasteiger partial charge in [0.25, 0.3) is 0 Å². The van der Waals surface area contributed by atoms with E-state index >= 15 is 0 Å². The average molecular weight is 503 g/mol. The molecule has 0 saturated carbocycles. The van der Waals surface area contributed by atoms with Gasteiger partial charge < -0.3 is 16.4 Å². The summed E-state index contributed by atoms with van der Waals surface area (Å²) >= 11 is 12.6. The molecule has 4 aromatic rings. The summed E-state index contributed by atoms with van der Waals surface area (Å²) in [6.07, 6.45) is 2.33. The van der Waals surface area contributed by atoms with Gasteiger partial charge in [0.1, 0.15) is 12.0 Å². The lowest BCUT2D eigenvalue weighted by Gasteiger charge is -2.18. The summed E-state index contributed by atoms with van der Waals surface area (Å²) in [5.41, 5.74) is 12.1. The first-order valence-electron chi connectivity index (χ1n) is 11.1. The SMILES string of the molecule is CCc1ccccc1Nc1ncnc(Nc2cc(Cl)c(C(C#N)c3ccc(Cl)cc3)cc2C)c1N. The first kappa shape index (κ1) is 24.3. The molecule has 0 amide bonds. The van der Waals surface area contributed by atoms with Crippen molar-refractivity contribution in [1.82, 2.24) is 9.97 Å². The molecule has 1 unspecified atom stereocenters. The van der Waals surface area contributed by atoms with Crippen molar-refractivity contribution in [3.63, 3.8) is 0 Å². The zero-order chi connectivity index (χ0) is 24.9. The molecular weight excluding hydrogens is 479 g/mol. The molecule has 8 heteroatoms. The fourth-order valence-electron chi connectivity index (χ4n) is 3.84. The summed E-state index contributed by atoms with van der Waals surface area (Å²) in [6, 6.07) is 21.2. The van der Waals surface area contributed by atoms with Gasteiger partial charge in [0.05, 0.1) is 12.0 Å². The van der Waals surface area contributed by atoms with E-state index in [9.17, 15) is 5.26 Å². The lowest BCUT2D eigenvalue weighted by Crippen LogP contribution is -2.07. The molecule has 0 saturated heterocycles. The smallest absolute Gasteiger partial charge is 0.159 e. The minimum atomic E-state index is -0.522. The minimum absolute atomic E-state index is 0.383. The zero-order valence-electron chi connectivity index (χ0n) is 19.3. The molecule has 1 aromatic heterocycles. The number of rotatable bonds is 7. The molecule has 0 aliphatic carbocycles. The number of anilines is 5. The molecule has 0 radical (unpaired) electrons. The van der Waals surface area contributed by atoms with Crippen LogP contribution in [0, 0.1) is 18.3 Å². The zero-order valence-corrected chi connectivity index (χ0v) is 20.8. The third kappa shape index (κ3) is 5.32. The highest BCUT2D eigenvalue weighted by molar-refractivity contribution is 6.32. The number of nitrogen functional groups attached to an aromatic ring is 1. The summed E-state index contributed by atoms with van der Waals surface area (Å²) in [5, 5.41) is 17.5. The maximum Gasteiger partial charge on any atom is 0.159 e. The van der Waals surface area contributed by atoms with Gasteiger partial charge in [-0.2, -0.15) is 5.26 Å². The fourth-order valence-corrected chi connectivity index (χ4v) is 4.24. The number of para-hydroxylation sites is 1. The molecule has 0 bridgehead atoms. The Kier molecular flexibility index (Phi) is 7.40. The van der Waals surface area contributed by atoms with Gasteiger partial charge >= 0.3 is 0 Å². The quantitative estimate of drug-likeness (QED) is 0.243. The number of aryl methyl sites for hydroxylation is 2. The highest BCUT2D eigenvalue weighted by Crippen LogP contribution is 2.36. The Morgan fingerprint density at radius 1 is 0.971 bits per heavy atom. The lowest BCUT2D eigenvalue weighted by atomic mass is 9.91. The summed E-state index contributed by atoms with van der Waals surface area (Å²) in [6.45, 7) is 4.03. The minimum Gasteiger partial charge on any atom is -0.393 e. The van der Waals surface area contributed by atoms with Gasteiger partial charge in [-0.1, -0.05) is 66.5 Å². The molecule has 0 spiro atoms. The fraction of sp³-hybridized carbons (Fsp3) is 0.148. The summed E-state index contributed by atoms with van der Waals surface area (Å²) in [4.78, 5) is 8.64. The molecule has 4 N–H and O–H groups in total. The second-order valence-electron chi connectivity index (χ2n) is 8.05. The van der Waals surface area contributed by atoms with Crippen LogP contribution >= 0.6 is 23.2 Å². The van der Waals surface area contributed by atoms with Gasteiger partial charge in [-0.15, -0.1) is 0 Å². The number of hydrogen-bond donors (Lipinski definition) is 3. The number of nitrogens with zero attached hydrogens (tertiary/aromatic N) is 3. The van der Waals surface area contributed by atoms with Crippen molar-refractivity contribution in [2.24, 2.45) is 0 Å². The van der Waals surface area contributed by atoms with Gasteiger partial charge in [0.15, 0.2) is 11.6 Å². The van der Waals surface area contributed by atoms with E-state index in [1.807, 2.05) is 43.3 Å². The molecular formula is C27H24Cl2N6. The van der Waals surface area contributed by atoms with E-state index in [1.54, 1.807) is 18.2 Å². The number of aromatic nitrogens is 2. The molecule has 35 heavy (non-hydrogen) atoms. The van der Waals surface area contributed by atoms with Crippen molar-refractivity contribution < 1.29 is 0 Å². The maximum absolute atomic E-state index is 9.85. The highest BCUT2D eigenvalue weighted by Gasteiger charge is 2.19. The van der Waals surface area contributed by atoms with Crippen molar-refractivity contribution in [2.75, 3.05) is 16.4 Å². The van der Waals surface area contributed by atoms with E-state index in [4.69, 9.17) is 28.9 Å². The topological polar surface area (TPSA) is 99.6 Å². The number of halogens is 2. The lowest BCUT2D eigenvalue weighted by molar-refractivity contribution is 1.03. The standard InChI is InChI=1S/C27H24Cl2N6/c1-3-17-6-4-5-7-23(17)34-26-25(31)27(33-15-32-26)35-24-13-22(29)20(12-16(24)2)21(14-30)18-8-10-19(28)11-9-18/h4-13,15,21H,3,31H2,1-2H3,(H2,32,33,34,35). The van der Waals surface area contributed by atoms with Crippen molar-refractivity contribution in [2.45, 2.75) is 26.2 Å². The molecule has 3 aromatic carbocycles. The number of nitriles is 1. The Morgan fingerprint density at radius 3 is 2.29 bits per heavy atom. The summed E-state index contributed by atoms with van der Waals surface area (Å²) in [5.74, 6) is 0.444. The van der Waals surface area contributed by atoms with E-state index in [2.05, 4.69) is 39.7 Å². The second-order valence-corrected chi connectivity index (χ2v) is 8.89. The van der Waals surface area contributed by atoms with Crippen LogP contribution in [0.2, 0.25) is 10.0 Å². The Morgan fingerprint density at radius 2 is 1.63 bits per heavy atom. The molecule has 0 aliphatic heterocycles. The van der Waals surface area contributed by atoms with E-state index < -0.39 is 5.92 Å². The van der Waals surface area contributed by atoms with Crippen LogP contribution in [0.4, 0.5) is 28.7 Å². The van der Waals surface area contributed by atoms with E-state index in [0.717, 1.165) is 34.5 Å². The maximum atomic E-state index is 9.85. The van der Waals surface area contributed by atoms with E-state index in [-0.39, 0.29) is 0 Å². The molecule has 0 aliphatic rings. The molecule has 0 fully saturated rings. The van der Waals surface area contributed by atoms with Crippen molar-refractivity contribution >= 4 is 51.9 Å². The largest absolute Gasteiger partial charge is 0.393 e. The van der Waals surface area contributed by atoms with Crippen molar-refractivity contribution in [1.29, 1.82) is 5.26 Å². The normalized spacial score (nSPS) is 11.5. The van der Waals surface area contributed by atoms with Crippen LogP contribution in [0.5, 0.6) is 0 Å². The number of benzene rings is 3.